The van der Waals surface area contributed by atoms with E-state index in [2.05, 4.69) is 4.74 Å². The molecule has 5 rings (SSSR count). The molecule has 1 atom stereocenters. The molecule has 0 amide bonds. The third-order valence-corrected chi connectivity index (χ3v) is 7.62. The molecule has 1 aromatic heterocycles. The zero-order valence-corrected chi connectivity index (χ0v) is 23.8. The van der Waals surface area contributed by atoms with Gasteiger partial charge in [-0.1, -0.05) is 29.3 Å². The smallest absolute Gasteiger partial charge is 0.387 e. The molecule has 12 heteroatoms. The van der Waals surface area contributed by atoms with Gasteiger partial charge in [-0.05, 0) is 73.4 Å². The molecule has 42 heavy (non-hydrogen) atoms. The first kappa shape index (κ1) is 29.8. The molecule has 0 aliphatic heterocycles. The van der Waals surface area contributed by atoms with E-state index >= 15 is 0 Å². The average Bonchev–Trinajstić information content (AvgIpc) is 3.88. The molecule has 3 aromatic rings. The summed E-state index contributed by atoms with van der Waals surface area (Å²) < 4.78 is 48.8. The lowest BCUT2D eigenvalue weighted by molar-refractivity contribution is -0.605. The number of nitrogens with zero attached hydrogens (tertiary/aromatic N) is 1. The van der Waals surface area contributed by atoms with Crippen molar-refractivity contribution in [2.24, 2.45) is 11.8 Å². The lowest BCUT2D eigenvalue weighted by atomic mass is 10.0. The number of aldehydes is 1. The van der Waals surface area contributed by atoms with Gasteiger partial charge in [-0.15, -0.1) is 0 Å². The Hall–Kier alpha value is -3.63. The summed E-state index contributed by atoms with van der Waals surface area (Å²) in [6.45, 7) is -2.32. The van der Waals surface area contributed by atoms with Gasteiger partial charge in [-0.3, -0.25) is 4.79 Å². The third kappa shape index (κ3) is 7.80. The maximum atomic E-state index is 13.4. The lowest BCUT2D eigenvalue weighted by Gasteiger charge is -2.22. The van der Waals surface area contributed by atoms with Crippen molar-refractivity contribution < 1.29 is 42.0 Å². The predicted octanol–water partition coefficient (Wildman–Crippen LogP) is 6.76. The quantitative estimate of drug-likeness (QED) is 0.0849. The van der Waals surface area contributed by atoms with E-state index < -0.39 is 18.7 Å². The molecule has 0 N–H and O–H groups in total. The summed E-state index contributed by atoms with van der Waals surface area (Å²) >= 11 is 12.6. The molecule has 0 spiro atoms. The number of carbonyl (C=O) groups is 2. The Morgan fingerprint density at radius 3 is 2.19 bits per heavy atom. The van der Waals surface area contributed by atoms with Crippen LogP contribution in [-0.2, 0) is 11.2 Å². The van der Waals surface area contributed by atoms with Crippen LogP contribution >= 0.6 is 23.2 Å². The van der Waals surface area contributed by atoms with Crippen LogP contribution < -0.4 is 18.9 Å². The van der Waals surface area contributed by atoms with Crippen LogP contribution in [0.25, 0.3) is 0 Å². The van der Waals surface area contributed by atoms with Gasteiger partial charge in [0.1, 0.15) is 21.9 Å². The number of rotatable bonds is 14. The molecule has 2 saturated carbocycles. The van der Waals surface area contributed by atoms with Crippen LogP contribution in [0.3, 0.4) is 0 Å². The fourth-order valence-corrected chi connectivity index (χ4v) is 4.83. The van der Waals surface area contributed by atoms with E-state index in [1.165, 1.54) is 36.4 Å². The summed E-state index contributed by atoms with van der Waals surface area (Å²) in [7, 11) is 0. The number of hydrogen-bond acceptors (Lipinski definition) is 7. The molecular formula is C30H27Cl2F2NO7. The van der Waals surface area contributed by atoms with Crippen molar-refractivity contribution in [3.63, 3.8) is 0 Å². The van der Waals surface area contributed by atoms with Gasteiger partial charge >= 0.3 is 12.6 Å². The highest BCUT2D eigenvalue weighted by Crippen LogP contribution is 2.38. The Morgan fingerprint density at radius 2 is 1.60 bits per heavy atom. The largest absolute Gasteiger partial charge is 0.619 e. The number of halogens is 4. The average molecular weight is 622 g/mol. The topological polar surface area (TPSA) is 98.0 Å². The van der Waals surface area contributed by atoms with Gasteiger partial charge in [-0.25, -0.2) is 4.79 Å². The van der Waals surface area contributed by atoms with Gasteiger partial charge in [0, 0.05) is 12.0 Å². The van der Waals surface area contributed by atoms with E-state index in [0.717, 1.165) is 38.1 Å². The van der Waals surface area contributed by atoms with Crippen LogP contribution in [0, 0.1) is 17.0 Å². The maximum absolute atomic E-state index is 13.4. The van der Waals surface area contributed by atoms with Crippen molar-refractivity contribution in [3.8, 4) is 17.2 Å². The van der Waals surface area contributed by atoms with Gasteiger partial charge in [0.15, 0.2) is 30.2 Å². The van der Waals surface area contributed by atoms with Crippen molar-refractivity contribution in [2.75, 3.05) is 13.2 Å². The summed E-state index contributed by atoms with van der Waals surface area (Å²) in [4.78, 5) is 25.0. The van der Waals surface area contributed by atoms with Gasteiger partial charge in [0.25, 0.3) is 0 Å². The fourth-order valence-electron chi connectivity index (χ4n) is 4.23. The van der Waals surface area contributed by atoms with Crippen molar-refractivity contribution >= 4 is 35.5 Å². The van der Waals surface area contributed by atoms with Crippen molar-refractivity contribution in [1.82, 2.24) is 0 Å². The summed E-state index contributed by atoms with van der Waals surface area (Å²) in [6.07, 6.45) is 5.83. The molecule has 0 saturated heterocycles. The molecule has 8 nitrogen and oxygen atoms in total. The summed E-state index contributed by atoms with van der Waals surface area (Å²) in [5.41, 5.74) is 1.14. The van der Waals surface area contributed by atoms with Gasteiger partial charge in [0.05, 0.1) is 24.3 Å². The molecule has 2 aromatic carbocycles. The van der Waals surface area contributed by atoms with Gasteiger partial charge in [-0.2, -0.15) is 13.5 Å². The van der Waals surface area contributed by atoms with Crippen LogP contribution in [0.15, 0.2) is 48.8 Å². The molecular weight excluding hydrogens is 595 g/mol. The molecule has 1 heterocycles. The van der Waals surface area contributed by atoms with Crippen LogP contribution in [0.4, 0.5) is 8.78 Å². The molecule has 1 unspecified atom stereocenters. The van der Waals surface area contributed by atoms with E-state index in [4.69, 9.17) is 37.4 Å². The van der Waals surface area contributed by atoms with E-state index in [9.17, 15) is 23.6 Å². The zero-order chi connectivity index (χ0) is 29.8. The molecule has 0 bridgehead atoms. The minimum absolute atomic E-state index is 0.0486. The third-order valence-electron chi connectivity index (χ3n) is 6.97. The van der Waals surface area contributed by atoms with Crippen molar-refractivity contribution in [1.29, 1.82) is 0 Å². The SMILES string of the molecule is O=Cc1ccc(C(=O)OC(Cc2c(Cl)c[n+]([O-])cc2Cl)c2ccc(OC(F)F)c(OCC3CC3)c2)cc1OCC1CC1. The lowest BCUT2D eigenvalue weighted by Crippen LogP contribution is -2.25. The van der Waals surface area contributed by atoms with Crippen LogP contribution in [-0.4, -0.2) is 32.1 Å². The Morgan fingerprint density at radius 1 is 0.952 bits per heavy atom. The molecule has 2 aliphatic carbocycles. The summed E-state index contributed by atoms with van der Waals surface area (Å²) in [5, 5.41) is 11.9. The van der Waals surface area contributed by atoms with Crippen LogP contribution in [0.1, 0.15) is 63.6 Å². The van der Waals surface area contributed by atoms with E-state index in [-0.39, 0.29) is 39.3 Å². The zero-order valence-electron chi connectivity index (χ0n) is 22.3. The first-order valence-electron chi connectivity index (χ1n) is 13.4. The Balaban J connectivity index is 1.46. The van der Waals surface area contributed by atoms with E-state index in [1.807, 2.05) is 0 Å². The van der Waals surface area contributed by atoms with Crippen LogP contribution in [0.2, 0.25) is 10.0 Å². The minimum atomic E-state index is -3.07. The molecule has 222 valence electrons. The summed E-state index contributed by atoms with van der Waals surface area (Å²) in [6, 6.07) is 8.61. The first-order valence-corrected chi connectivity index (χ1v) is 14.2. The maximum Gasteiger partial charge on any atom is 0.387 e. The Bertz CT molecular complexity index is 1440. The second-order valence-electron chi connectivity index (χ2n) is 10.4. The normalized spacial score (nSPS) is 15.3. The first-order chi connectivity index (χ1) is 20.2. The van der Waals surface area contributed by atoms with E-state index in [0.29, 0.717) is 52.8 Å². The number of hydrogen-bond donors (Lipinski definition) is 0. The second-order valence-corrected chi connectivity index (χ2v) is 11.2. The number of carbonyl (C=O) groups excluding carboxylic acids is 2. The monoisotopic (exact) mass is 621 g/mol. The van der Waals surface area contributed by atoms with Gasteiger partial charge in [0.2, 0.25) is 0 Å². The van der Waals surface area contributed by atoms with Gasteiger partial charge < -0.3 is 24.2 Å². The number of esters is 1. The number of aromatic nitrogens is 1. The molecule has 2 fully saturated rings. The summed E-state index contributed by atoms with van der Waals surface area (Å²) in [5.74, 6) is 0.170. The second kappa shape index (κ2) is 13.1. The number of benzene rings is 2. The number of alkyl halides is 2. The number of pyridine rings is 1. The highest BCUT2D eigenvalue weighted by molar-refractivity contribution is 6.35. The standard InChI is InChI=1S/C30H27Cl2F2NO7/c31-23-12-35(38)13-24(32)22(23)11-27(19-7-8-25(42-30(33)34)28(9-19)40-16-18-3-4-18)41-29(37)20-5-6-21(14-36)26(10-20)39-15-17-1-2-17/h5-10,12-14,17-18,27,30H,1-4,11,15-16H2. The number of ether oxygens (including phenoxy) is 4. The van der Waals surface area contributed by atoms with E-state index in [1.54, 1.807) is 0 Å². The Labute approximate surface area is 250 Å². The van der Waals surface area contributed by atoms with Crippen LogP contribution in [0.5, 0.6) is 17.2 Å². The minimum Gasteiger partial charge on any atom is -0.619 e. The van der Waals surface area contributed by atoms with Crippen molar-refractivity contribution in [2.45, 2.75) is 44.8 Å². The highest BCUT2D eigenvalue weighted by atomic mass is 35.5. The molecule has 0 radical (unpaired) electrons. The Kier molecular flexibility index (Phi) is 9.33. The fraction of sp³-hybridized carbons (Fsp3) is 0.367. The molecule has 2 aliphatic rings. The predicted molar refractivity (Wildman–Crippen MR) is 149 cm³/mol. The highest BCUT2D eigenvalue weighted by Gasteiger charge is 2.27. The van der Waals surface area contributed by atoms with Crippen molar-refractivity contribution in [3.05, 3.63) is 86.3 Å².